The number of fused-ring (bicyclic) bond motifs is 1. The summed E-state index contributed by atoms with van der Waals surface area (Å²) in [5.74, 6) is -1.35. The van der Waals surface area contributed by atoms with Crippen molar-refractivity contribution in [2.24, 2.45) is 0 Å². The Kier molecular flexibility index (Phi) is 6.52. The molecule has 0 unspecified atom stereocenters. The minimum Gasteiger partial charge on any atom is -0.452 e. The first-order chi connectivity index (χ1) is 13.7. The number of carbonyl (C=O) groups is 3. The summed E-state index contributed by atoms with van der Waals surface area (Å²) in [5, 5.41) is 2.13. The number of carbonyl (C=O) groups excluding carboxylic acids is 3. The third-order valence-electron chi connectivity index (χ3n) is 4.99. The van der Waals surface area contributed by atoms with E-state index in [1.165, 1.54) is 23.6 Å². The lowest BCUT2D eigenvalue weighted by Crippen LogP contribution is -2.46. The van der Waals surface area contributed by atoms with Crippen LogP contribution >= 0.6 is 11.8 Å². The lowest BCUT2D eigenvalue weighted by Gasteiger charge is -2.29. The first kappa shape index (κ1) is 21.6. The van der Waals surface area contributed by atoms with E-state index < -0.39 is 39.1 Å². The fourth-order valence-electron chi connectivity index (χ4n) is 3.52. The van der Waals surface area contributed by atoms with Gasteiger partial charge in [-0.15, -0.1) is 11.8 Å². The zero-order valence-corrected chi connectivity index (χ0v) is 17.9. The normalized spacial score (nSPS) is 23.6. The summed E-state index contributed by atoms with van der Waals surface area (Å²) < 4.78 is 28.7. The van der Waals surface area contributed by atoms with Crippen LogP contribution in [0.5, 0.6) is 0 Å². The third-order valence-corrected chi connectivity index (χ3v) is 8.01. The van der Waals surface area contributed by atoms with E-state index in [-0.39, 0.29) is 23.8 Å². The molecule has 1 aromatic rings. The van der Waals surface area contributed by atoms with E-state index in [0.29, 0.717) is 18.7 Å². The van der Waals surface area contributed by atoms with Gasteiger partial charge in [0.2, 0.25) is 5.91 Å². The highest BCUT2D eigenvalue weighted by Gasteiger charge is 2.37. The number of likely N-dealkylation sites (N-methyl/N-ethyl adjacent to an activating group) is 1. The number of thioether (sulfide) groups is 1. The van der Waals surface area contributed by atoms with Crippen molar-refractivity contribution in [2.45, 2.75) is 49.0 Å². The van der Waals surface area contributed by atoms with Gasteiger partial charge in [-0.05, 0) is 32.4 Å². The van der Waals surface area contributed by atoms with Gasteiger partial charge in [-0.3, -0.25) is 14.4 Å². The largest absolute Gasteiger partial charge is 0.452 e. The number of hydrogen-bond donors (Lipinski definition) is 1. The molecule has 1 aromatic carbocycles. The second-order valence-electron chi connectivity index (χ2n) is 7.11. The molecule has 0 spiro atoms. The molecule has 0 aromatic heterocycles. The van der Waals surface area contributed by atoms with Crippen molar-refractivity contribution in [1.82, 2.24) is 4.90 Å². The van der Waals surface area contributed by atoms with Crippen molar-refractivity contribution >= 4 is 45.1 Å². The zero-order chi connectivity index (χ0) is 21.2. The monoisotopic (exact) mass is 440 g/mol. The second kappa shape index (κ2) is 8.74. The molecule has 0 radical (unpaired) electrons. The lowest BCUT2D eigenvalue weighted by atomic mass is 10.2. The number of sulfone groups is 1. The summed E-state index contributed by atoms with van der Waals surface area (Å²) in [6, 6.07) is 6.92. The summed E-state index contributed by atoms with van der Waals surface area (Å²) >= 11 is 1.28. The maximum atomic E-state index is 12.7. The van der Waals surface area contributed by atoms with E-state index in [0.717, 1.165) is 4.90 Å². The molecule has 158 valence electrons. The first-order valence-corrected chi connectivity index (χ1v) is 12.2. The van der Waals surface area contributed by atoms with Crippen LogP contribution in [-0.4, -0.2) is 66.5 Å². The number of hydrogen-bond acceptors (Lipinski definition) is 7. The van der Waals surface area contributed by atoms with Crippen LogP contribution in [0.2, 0.25) is 0 Å². The van der Waals surface area contributed by atoms with Gasteiger partial charge in [0.1, 0.15) is 0 Å². The molecule has 8 nitrogen and oxygen atoms in total. The smallest absolute Gasteiger partial charge is 0.308 e. The van der Waals surface area contributed by atoms with Gasteiger partial charge in [0, 0.05) is 17.5 Å². The average Bonchev–Trinajstić information content (AvgIpc) is 3.02. The quantitative estimate of drug-likeness (QED) is 0.667. The van der Waals surface area contributed by atoms with Gasteiger partial charge < -0.3 is 15.0 Å². The van der Waals surface area contributed by atoms with Crippen LogP contribution in [0, 0.1) is 0 Å². The Morgan fingerprint density at radius 2 is 2.07 bits per heavy atom. The van der Waals surface area contributed by atoms with Gasteiger partial charge >= 0.3 is 5.97 Å². The third kappa shape index (κ3) is 5.11. The highest BCUT2D eigenvalue weighted by Crippen LogP contribution is 2.36. The number of nitrogens with one attached hydrogen (secondary N) is 1. The van der Waals surface area contributed by atoms with Crippen molar-refractivity contribution in [3.8, 4) is 0 Å². The Labute approximate surface area is 174 Å². The minimum absolute atomic E-state index is 0.0606. The van der Waals surface area contributed by atoms with Crippen LogP contribution < -0.4 is 5.32 Å². The average molecular weight is 441 g/mol. The van der Waals surface area contributed by atoms with Gasteiger partial charge in [0.05, 0.1) is 28.9 Å². The van der Waals surface area contributed by atoms with E-state index >= 15 is 0 Å². The fraction of sp³-hybridized carbons (Fsp3) is 0.526. The molecular weight excluding hydrogens is 416 g/mol. The molecule has 2 heterocycles. The van der Waals surface area contributed by atoms with Crippen LogP contribution in [0.25, 0.3) is 0 Å². The predicted octanol–water partition coefficient (Wildman–Crippen LogP) is 1.46. The lowest BCUT2D eigenvalue weighted by molar-refractivity contribution is -0.160. The Bertz CT molecular complexity index is 917. The molecule has 2 amide bonds. The summed E-state index contributed by atoms with van der Waals surface area (Å²) in [6.07, 6.45) is -0.817. The molecular formula is C19H24N2O6S2. The van der Waals surface area contributed by atoms with Gasteiger partial charge in [-0.1, -0.05) is 12.1 Å². The molecule has 1 fully saturated rings. The van der Waals surface area contributed by atoms with E-state index in [1.807, 2.05) is 18.2 Å². The van der Waals surface area contributed by atoms with Crippen molar-refractivity contribution in [2.75, 3.05) is 23.4 Å². The number of benzene rings is 1. The topological polar surface area (TPSA) is 110 Å². The number of rotatable bonds is 6. The summed E-state index contributed by atoms with van der Waals surface area (Å²) in [7, 11) is -3.13. The number of anilines is 1. The van der Waals surface area contributed by atoms with Crippen molar-refractivity contribution in [3.63, 3.8) is 0 Å². The molecule has 0 aliphatic carbocycles. The molecule has 10 heteroatoms. The molecule has 3 atom stereocenters. The van der Waals surface area contributed by atoms with Crippen molar-refractivity contribution < 1.29 is 27.5 Å². The Morgan fingerprint density at radius 1 is 1.34 bits per heavy atom. The van der Waals surface area contributed by atoms with Crippen LogP contribution in [0.15, 0.2) is 29.2 Å². The SMILES string of the molecule is CCN(C(=O)[C@H](C)OC(=O)C[C@@H]1Sc2ccccc2NC1=O)[C@H]1CCS(=O)(=O)C1. The number of nitrogens with zero attached hydrogens (tertiary/aromatic N) is 1. The van der Waals surface area contributed by atoms with Crippen molar-refractivity contribution in [1.29, 1.82) is 0 Å². The second-order valence-corrected chi connectivity index (χ2v) is 10.6. The van der Waals surface area contributed by atoms with Gasteiger partial charge in [-0.2, -0.15) is 0 Å². The van der Waals surface area contributed by atoms with E-state index in [1.54, 1.807) is 13.0 Å². The van der Waals surface area contributed by atoms with E-state index in [4.69, 9.17) is 4.74 Å². The number of para-hydroxylation sites is 1. The molecule has 2 aliphatic heterocycles. The number of ether oxygens (including phenoxy) is 1. The maximum Gasteiger partial charge on any atom is 0.308 e. The van der Waals surface area contributed by atoms with Crippen molar-refractivity contribution in [3.05, 3.63) is 24.3 Å². The molecule has 0 bridgehead atoms. The van der Waals surface area contributed by atoms with E-state index in [9.17, 15) is 22.8 Å². The molecule has 29 heavy (non-hydrogen) atoms. The molecule has 2 aliphatic rings. The Hall–Kier alpha value is -2.07. The molecule has 0 saturated carbocycles. The Morgan fingerprint density at radius 3 is 2.72 bits per heavy atom. The van der Waals surface area contributed by atoms with Crippen LogP contribution in [0.4, 0.5) is 5.69 Å². The zero-order valence-electron chi connectivity index (χ0n) is 16.3. The summed E-state index contributed by atoms with van der Waals surface area (Å²) in [4.78, 5) is 39.6. The van der Waals surface area contributed by atoms with Gasteiger partial charge in [-0.25, -0.2) is 8.42 Å². The summed E-state index contributed by atoms with van der Waals surface area (Å²) in [6.45, 7) is 3.56. The van der Waals surface area contributed by atoms with Crippen LogP contribution in [0.3, 0.4) is 0 Å². The minimum atomic E-state index is -3.13. The molecule has 1 saturated heterocycles. The standard InChI is InChI=1S/C19H24N2O6S2/c1-3-21(13-8-9-29(25,26)11-13)19(24)12(2)27-17(22)10-16-18(23)20-14-6-4-5-7-15(14)28-16/h4-7,12-13,16H,3,8-11H2,1-2H3,(H,20,23)/t12-,13-,16-/m0/s1. The first-order valence-electron chi connectivity index (χ1n) is 9.47. The maximum absolute atomic E-state index is 12.7. The van der Waals surface area contributed by atoms with Crippen LogP contribution in [0.1, 0.15) is 26.7 Å². The van der Waals surface area contributed by atoms with Gasteiger partial charge in [0.25, 0.3) is 5.91 Å². The molecule has 3 rings (SSSR count). The summed E-state index contributed by atoms with van der Waals surface area (Å²) in [5.41, 5.74) is 0.709. The number of amides is 2. The van der Waals surface area contributed by atoms with Crippen LogP contribution in [-0.2, 0) is 29.0 Å². The Balaban J connectivity index is 1.57. The predicted molar refractivity (Wildman–Crippen MR) is 109 cm³/mol. The highest BCUT2D eigenvalue weighted by molar-refractivity contribution is 8.01. The molecule has 1 N–H and O–H groups in total. The van der Waals surface area contributed by atoms with Gasteiger partial charge in [0.15, 0.2) is 15.9 Å². The fourth-order valence-corrected chi connectivity index (χ4v) is 6.35. The van der Waals surface area contributed by atoms with E-state index in [2.05, 4.69) is 5.32 Å². The number of esters is 1. The highest BCUT2D eigenvalue weighted by atomic mass is 32.2.